The van der Waals surface area contributed by atoms with E-state index in [1.54, 1.807) is 13.2 Å². The van der Waals surface area contributed by atoms with Gasteiger partial charge in [0.05, 0.1) is 13.2 Å². The van der Waals surface area contributed by atoms with Crippen molar-refractivity contribution < 1.29 is 9.53 Å². The minimum Gasteiger partial charge on any atom is -0.497 e. The Hall–Kier alpha value is -1.81. The van der Waals surface area contributed by atoms with Crippen molar-refractivity contribution >= 4 is 5.78 Å². The van der Waals surface area contributed by atoms with Crippen molar-refractivity contribution in [2.75, 3.05) is 26.7 Å². The maximum atomic E-state index is 12.0. The number of likely N-dealkylation sites (tertiary alicyclic amines) is 1. The number of hydrogen-bond donors (Lipinski definition) is 1. The van der Waals surface area contributed by atoms with Crippen LogP contribution >= 0.6 is 0 Å². The van der Waals surface area contributed by atoms with Crippen molar-refractivity contribution in [1.82, 2.24) is 10.2 Å². The maximum absolute atomic E-state index is 12.0. The number of ketones is 1. The number of nitrogens with zero attached hydrogens (tertiary/aromatic N) is 1. The van der Waals surface area contributed by atoms with Crippen molar-refractivity contribution in [3.8, 4) is 5.75 Å². The third kappa shape index (κ3) is 4.63. The Morgan fingerprint density at radius 2 is 1.84 bits per heavy atom. The SMILES string of the molecule is COc1ccc(C(CNC2=CC(=O)CC(C)(C)C2)N2CCCC2)cc1. The van der Waals surface area contributed by atoms with Gasteiger partial charge in [-0.2, -0.15) is 0 Å². The van der Waals surface area contributed by atoms with Crippen molar-refractivity contribution in [1.29, 1.82) is 0 Å². The van der Waals surface area contributed by atoms with E-state index >= 15 is 0 Å². The van der Waals surface area contributed by atoms with Crippen LogP contribution in [-0.2, 0) is 4.79 Å². The number of nitrogens with one attached hydrogen (secondary N) is 1. The average Bonchev–Trinajstić information content (AvgIpc) is 3.08. The first-order chi connectivity index (χ1) is 12.0. The summed E-state index contributed by atoms with van der Waals surface area (Å²) in [4.78, 5) is 14.5. The first kappa shape index (κ1) is 18.0. The van der Waals surface area contributed by atoms with Crippen molar-refractivity contribution in [2.45, 2.75) is 45.6 Å². The molecule has 0 amide bonds. The smallest absolute Gasteiger partial charge is 0.157 e. The Bertz CT molecular complexity index is 628. The van der Waals surface area contributed by atoms with Crippen molar-refractivity contribution in [3.05, 3.63) is 41.6 Å². The quantitative estimate of drug-likeness (QED) is 0.856. The molecule has 1 N–H and O–H groups in total. The molecule has 1 heterocycles. The van der Waals surface area contributed by atoms with Crippen LogP contribution in [0.15, 0.2) is 36.0 Å². The molecule has 0 saturated carbocycles. The Kier molecular flexibility index (Phi) is 5.48. The van der Waals surface area contributed by atoms with Crippen LogP contribution in [-0.4, -0.2) is 37.4 Å². The Morgan fingerprint density at radius 1 is 1.16 bits per heavy atom. The lowest BCUT2D eigenvalue weighted by atomic mass is 9.79. The topological polar surface area (TPSA) is 41.6 Å². The highest BCUT2D eigenvalue weighted by Crippen LogP contribution is 2.33. The summed E-state index contributed by atoms with van der Waals surface area (Å²) in [7, 11) is 1.70. The first-order valence-corrected chi connectivity index (χ1v) is 9.32. The second-order valence-electron chi connectivity index (χ2n) is 8.07. The van der Waals surface area contributed by atoms with Crippen LogP contribution in [0.3, 0.4) is 0 Å². The molecular weight excluding hydrogens is 312 g/mol. The monoisotopic (exact) mass is 342 g/mol. The summed E-state index contributed by atoms with van der Waals surface area (Å²) < 4.78 is 5.29. The molecule has 4 heteroatoms. The van der Waals surface area contributed by atoms with Gasteiger partial charge >= 0.3 is 0 Å². The average molecular weight is 342 g/mol. The predicted octanol–water partition coefficient (Wildman–Crippen LogP) is 3.69. The van der Waals surface area contributed by atoms with Crippen LogP contribution in [0, 0.1) is 5.41 Å². The number of allylic oxidation sites excluding steroid dienone is 2. The molecule has 1 saturated heterocycles. The second-order valence-corrected chi connectivity index (χ2v) is 8.07. The molecule has 0 spiro atoms. The zero-order valence-corrected chi connectivity index (χ0v) is 15.7. The van der Waals surface area contributed by atoms with E-state index in [2.05, 4.69) is 36.2 Å². The van der Waals surface area contributed by atoms with E-state index in [4.69, 9.17) is 4.74 Å². The third-order valence-corrected chi connectivity index (χ3v) is 5.26. The number of rotatable bonds is 6. The van der Waals surface area contributed by atoms with E-state index in [1.807, 2.05) is 12.1 Å². The second kappa shape index (κ2) is 7.61. The standard InChI is InChI=1S/C21H30N2O2/c1-21(2)13-17(12-18(24)14-21)22-15-20(23-10-4-5-11-23)16-6-8-19(25-3)9-7-16/h6-9,12,20,22H,4-5,10-11,13-15H2,1-3H3. The van der Waals surface area contributed by atoms with Gasteiger partial charge in [-0.05, 0) is 55.5 Å². The van der Waals surface area contributed by atoms with E-state index in [0.29, 0.717) is 12.5 Å². The lowest BCUT2D eigenvalue weighted by Gasteiger charge is -2.32. The molecule has 2 aliphatic rings. The molecule has 1 aromatic rings. The molecule has 0 radical (unpaired) electrons. The van der Waals surface area contributed by atoms with E-state index in [9.17, 15) is 4.79 Å². The van der Waals surface area contributed by atoms with Crippen molar-refractivity contribution in [2.24, 2.45) is 5.41 Å². The minimum atomic E-state index is 0.0530. The number of carbonyl (C=O) groups excluding carboxylic acids is 1. The molecular formula is C21H30N2O2. The molecule has 1 atom stereocenters. The first-order valence-electron chi connectivity index (χ1n) is 9.32. The molecule has 4 nitrogen and oxygen atoms in total. The summed E-state index contributed by atoms with van der Waals surface area (Å²) in [6.07, 6.45) is 5.92. The molecule has 1 fully saturated rings. The van der Waals surface area contributed by atoms with Gasteiger partial charge in [0.2, 0.25) is 0 Å². The minimum absolute atomic E-state index is 0.0530. The molecule has 1 unspecified atom stereocenters. The summed E-state index contributed by atoms with van der Waals surface area (Å²) in [6.45, 7) is 7.45. The fraction of sp³-hybridized carbons (Fsp3) is 0.571. The summed E-state index contributed by atoms with van der Waals surface area (Å²) in [5, 5.41) is 3.58. The molecule has 3 rings (SSSR count). The van der Waals surface area contributed by atoms with Gasteiger partial charge < -0.3 is 10.1 Å². The van der Waals surface area contributed by atoms with Gasteiger partial charge in [-0.1, -0.05) is 26.0 Å². The fourth-order valence-electron chi connectivity index (χ4n) is 4.02. The number of hydrogen-bond acceptors (Lipinski definition) is 4. The molecule has 25 heavy (non-hydrogen) atoms. The van der Waals surface area contributed by atoms with Crippen LogP contribution in [0.25, 0.3) is 0 Å². The van der Waals surface area contributed by atoms with E-state index < -0.39 is 0 Å². The van der Waals surface area contributed by atoms with Crippen LogP contribution < -0.4 is 10.1 Å². The highest BCUT2D eigenvalue weighted by Gasteiger charge is 2.29. The van der Waals surface area contributed by atoms with Gasteiger partial charge in [-0.25, -0.2) is 0 Å². The molecule has 136 valence electrons. The van der Waals surface area contributed by atoms with Gasteiger partial charge in [0.25, 0.3) is 0 Å². The van der Waals surface area contributed by atoms with Gasteiger partial charge in [0.15, 0.2) is 5.78 Å². The lowest BCUT2D eigenvalue weighted by molar-refractivity contribution is -0.117. The molecule has 1 aliphatic carbocycles. The van der Waals surface area contributed by atoms with Gasteiger partial charge in [0.1, 0.15) is 5.75 Å². The van der Waals surface area contributed by atoms with E-state index in [-0.39, 0.29) is 11.2 Å². The predicted molar refractivity (Wildman–Crippen MR) is 101 cm³/mol. The highest BCUT2D eigenvalue weighted by atomic mass is 16.5. The lowest BCUT2D eigenvalue weighted by Crippen LogP contribution is -2.36. The van der Waals surface area contributed by atoms with Crippen LogP contribution in [0.2, 0.25) is 0 Å². The number of methoxy groups -OCH3 is 1. The van der Waals surface area contributed by atoms with Crippen LogP contribution in [0.4, 0.5) is 0 Å². The molecule has 0 bridgehead atoms. The van der Waals surface area contributed by atoms with E-state index in [1.165, 1.54) is 18.4 Å². The normalized spacial score (nSPS) is 21.7. The van der Waals surface area contributed by atoms with Crippen LogP contribution in [0.1, 0.15) is 51.1 Å². The zero-order chi connectivity index (χ0) is 17.9. The van der Waals surface area contributed by atoms with E-state index in [0.717, 1.165) is 37.5 Å². The molecule has 1 aromatic carbocycles. The van der Waals surface area contributed by atoms with Gasteiger partial charge in [-0.15, -0.1) is 0 Å². The number of benzene rings is 1. The molecule has 0 aromatic heterocycles. The summed E-state index contributed by atoms with van der Waals surface area (Å²) in [6, 6.07) is 8.71. The molecule has 1 aliphatic heterocycles. The summed E-state index contributed by atoms with van der Waals surface area (Å²) >= 11 is 0. The third-order valence-electron chi connectivity index (χ3n) is 5.26. The van der Waals surface area contributed by atoms with Gasteiger partial charge in [-0.3, -0.25) is 9.69 Å². The summed E-state index contributed by atoms with van der Waals surface area (Å²) in [5.74, 6) is 1.13. The van der Waals surface area contributed by atoms with Crippen LogP contribution in [0.5, 0.6) is 5.75 Å². The highest BCUT2D eigenvalue weighted by molar-refractivity contribution is 5.91. The Balaban J connectivity index is 1.72. The zero-order valence-electron chi connectivity index (χ0n) is 15.7. The fourth-order valence-corrected chi connectivity index (χ4v) is 4.02. The number of ether oxygens (including phenoxy) is 1. The van der Waals surface area contributed by atoms with Crippen molar-refractivity contribution in [3.63, 3.8) is 0 Å². The number of carbonyl (C=O) groups is 1. The Morgan fingerprint density at radius 3 is 2.44 bits per heavy atom. The largest absolute Gasteiger partial charge is 0.497 e. The summed E-state index contributed by atoms with van der Waals surface area (Å²) in [5.41, 5.74) is 2.44. The van der Waals surface area contributed by atoms with Gasteiger partial charge in [0, 0.05) is 24.7 Å². The Labute approximate surface area is 151 Å². The maximum Gasteiger partial charge on any atom is 0.157 e.